The number of hydrogen-bond acceptors (Lipinski definition) is 5. The monoisotopic (exact) mass is 357 g/mol. The van der Waals surface area contributed by atoms with Gasteiger partial charge in [0.15, 0.2) is 0 Å². The first kappa shape index (κ1) is 14.6. The van der Waals surface area contributed by atoms with Gasteiger partial charge in [-0.2, -0.15) is 0 Å². The molecule has 0 saturated carbocycles. The normalized spacial score (nSPS) is 10.4. The van der Waals surface area contributed by atoms with Crippen molar-refractivity contribution in [1.82, 2.24) is 0 Å². The van der Waals surface area contributed by atoms with Crippen molar-refractivity contribution >= 4 is 39.5 Å². The summed E-state index contributed by atoms with van der Waals surface area (Å²) in [6.45, 7) is 0. The van der Waals surface area contributed by atoms with E-state index in [4.69, 9.17) is 9.52 Å². The lowest BCUT2D eigenvalue weighted by atomic mass is 10.2. The lowest BCUT2D eigenvalue weighted by molar-refractivity contribution is -0.402. The lowest BCUT2D eigenvalue weighted by Crippen LogP contribution is -1.97. The minimum absolute atomic E-state index is 0.167. The fourth-order valence-corrected chi connectivity index (χ4v) is 2.70. The third kappa shape index (κ3) is 3.40. The van der Waals surface area contributed by atoms with E-state index in [1.807, 2.05) is 0 Å². The summed E-state index contributed by atoms with van der Waals surface area (Å²) in [5.74, 6) is -0.480. The number of halogens is 1. The molecule has 0 radical (unpaired) electrons. The van der Waals surface area contributed by atoms with Gasteiger partial charge in [0.25, 0.3) is 0 Å². The van der Waals surface area contributed by atoms with E-state index in [9.17, 15) is 14.9 Å². The number of nitrogens with zero attached hydrogens (tertiary/aromatic N) is 1. The fourth-order valence-electron chi connectivity index (χ4n) is 1.45. The van der Waals surface area contributed by atoms with E-state index in [0.29, 0.717) is 16.0 Å². The molecule has 1 aromatic carbocycles. The van der Waals surface area contributed by atoms with Crippen LogP contribution >= 0.6 is 27.7 Å². The maximum absolute atomic E-state index is 11.0. The van der Waals surface area contributed by atoms with Gasteiger partial charge in [-0.15, -0.1) is 11.8 Å². The molecule has 0 spiro atoms. The topological polar surface area (TPSA) is 93.6 Å². The summed E-state index contributed by atoms with van der Waals surface area (Å²) in [5.41, 5.74) is 0.167. The van der Waals surface area contributed by atoms with Crippen molar-refractivity contribution in [2.45, 2.75) is 10.6 Å². The van der Waals surface area contributed by atoms with Crippen LogP contribution < -0.4 is 0 Å². The fraction of sp³-hybridized carbons (Fsp3) is 0.0833. The lowest BCUT2D eigenvalue weighted by Gasteiger charge is -2.03. The highest BCUT2D eigenvalue weighted by Crippen LogP contribution is 2.28. The third-order valence-corrected chi connectivity index (χ3v) is 4.08. The Morgan fingerprint density at radius 1 is 1.40 bits per heavy atom. The largest absolute Gasteiger partial charge is 0.478 e. The number of benzene rings is 1. The second kappa shape index (κ2) is 6.10. The number of carbonyl (C=O) groups is 1. The van der Waals surface area contributed by atoms with Crippen molar-refractivity contribution in [3.8, 4) is 0 Å². The van der Waals surface area contributed by atoms with E-state index in [1.54, 1.807) is 12.1 Å². The van der Waals surface area contributed by atoms with Gasteiger partial charge in [-0.3, -0.25) is 10.1 Å². The van der Waals surface area contributed by atoms with Crippen molar-refractivity contribution in [3.63, 3.8) is 0 Å². The second-order valence-electron chi connectivity index (χ2n) is 3.73. The van der Waals surface area contributed by atoms with E-state index >= 15 is 0 Å². The standard InChI is InChI=1S/C12H8BrNO5S/c13-10-3-2-8(5-9(10)12(15)16)20-6-7-1-4-11(19-7)14(17)18/h1-5H,6H2,(H,15,16). The summed E-state index contributed by atoms with van der Waals surface area (Å²) < 4.78 is 5.53. The molecule has 0 fully saturated rings. The zero-order valence-electron chi connectivity index (χ0n) is 9.91. The number of carboxylic acid groups (broad SMARTS) is 1. The molecular weight excluding hydrogens is 350 g/mol. The number of furan rings is 1. The molecule has 8 heteroatoms. The Hall–Kier alpha value is -1.80. The van der Waals surface area contributed by atoms with Crippen LogP contribution in [0.25, 0.3) is 0 Å². The van der Waals surface area contributed by atoms with E-state index in [0.717, 1.165) is 4.90 Å². The van der Waals surface area contributed by atoms with Crippen LogP contribution in [0.3, 0.4) is 0 Å². The first-order valence-corrected chi connectivity index (χ1v) is 7.14. The number of carboxylic acids is 1. The average Bonchev–Trinajstić information content (AvgIpc) is 2.86. The predicted octanol–water partition coefficient (Wildman–Crippen LogP) is 3.94. The Labute approximate surface area is 126 Å². The Bertz CT molecular complexity index is 670. The quantitative estimate of drug-likeness (QED) is 0.494. The van der Waals surface area contributed by atoms with Crippen LogP contribution in [0.2, 0.25) is 0 Å². The molecule has 0 atom stereocenters. The van der Waals surface area contributed by atoms with Crippen LogP contribution in [-0.2, 0) is 5.75 Å². The molecule has 0 unspecified atom stereocenters. The van der Waals surface area contributed by atoms with Gasteiger partial charge in [-0.25, -0.2) is 4.79 Å². The van der Waals surface area contributed by atoms with Crippen molar-refractivity contribution in [1.29, 1.82) is 0 Å². The molecular formula is C12H8BrNO5S. The first-order chi connectivity index (χ1) is 9.47. The van der Waals surface area contributed by atoms with Gasteiger partial charge in [0.1, 0.15) is 10.7 Å². The molecule has 2 aromatic rings. The van der Waals surface area contributed by atoms with E-state index in [-0.39, 0.29) is 11.4 Å². The molecule has 1 heterocycles. The number of nitro groups is 1. The van der Waals surface area contributed by atoms with E-state index < -0.39 is 10.9 Å². The summed E-state index contributed by atoms with van der Waals surface area (Å²) in [4.78, 5) is 21.6. The molecule has 0 amide bonds. The van der Waals surface area contributed by atoms with Crippen LogP contribution in [0, 0.1) is 10.1 Å². The molecule has 1 N–H and O–H groups in total. The Morgan fingerprint density at radius 2 is 2.15 bits per heavy atom. The highest BCUT2D eigenvalue weighted by molar-refractivity contribution is 9.10. The molecule has 0 aliphatic rings. The van der Waals surface area contributed by atoms with Crippen LogP contribution in [0.15, 0.2) is 44.1 Å². The average molecular weight is 358 g/mol. The molecule has 0 bridgehead atoms. The molecule has 1 aromatic heterocycles. The van der Waals surface area contributed by atoms with Gasteiger partial charge < -0.3 is 9.52 Å². The van der Waals surface area contributed by atoms with Gasteiger partial charge >= 0.3 is 11.9 Å². The minimum Gasteiger partial charge on any atom is -0.478 e. The molecule has 104 valence electrons. The van der Waals surface area contributed by atoms with Gasteiger partial charge in [0.2, 0.25) is 0 Å². The predicted molar refractivity (Wildman–Crippen MR) is 76.0 cm³/mol. The Morgan fingerprint density at radius 3 is 2.75 bits per heavy atom. The maximum Gasteiger partial charge on any atom is 0.433 e. The molecule has 20 heavy (non-hydrogen) atoms. The first-order valence-electron chi connectivity index (χ1n) is 5.36. The summed E-state index contributed by atoms with van der Waals surface area (Å²) in [6.07, 6.45) is 0. The SMILES string of the molecule is O=C(O)c1cc(SCc2ccc([N+](=O)[O-])o2)ccc1Br. The Kier molecular flexibility index (Phi) is 4.46. The minimum atomic E-state index is -1.02. The number of hydrogen-bond donors (Lipinski definition) is 1. The molecule has 6 nitrogen and oxygen atoms in total. The van der Waals surface area contributed by atoms with Crippen molar-refractivity contribution in [3.05, 3.63) is 56.2 Å². The Balaban J connectivity index is 2.08. The van der Waals surface area contributed by atoms with Gasteiger partial charge in [-0.1, -0.05) is 0 Å². The maximum atomic E-state index is 11.0. The molecule has 2 rings (SSSR count). The van der Waals surface area contributed by atoms with Crippen LogP contribution in [0.1, 0.15) is 16.1 Å². The molecule has 0 aliphatic carbocycles. The molecule has 0 aliphatic heterocycles. The van der Waals surface area contributed by atoms with Gasteiger partial charge in [0.05, 0.1) is 17.4 Å². The van der Waals surface area contributed by atoms with Crippen LogP contribution in [0.5, 0.6) is 0 Å². The van der Waals surface area contributed by atoms with Crippen LogP contribution in [-0.4, -0.2) is 16.0 Å². The molecule has 0 saturated heterocycles. The summed E-state index contributed by atoms with van der Waals surface area (Å²) in [5, 5.41) is 19.5. The third-order valence-electron chi connectivity index (χ3n) is 2.38. The van der Waals surface area contributed by atoms with Gasteiger partial charge in [-0.05, 0) is 40.2 Å². The summed E-state index contributed by atoms with van der Waals surface area (Å²) >= 11 is 4.50. The van der Waals surface area contributed by atoms with E-state index in [2.05, 4.69) is 15.9 Å². The van der Waals surface area contributed by atoms with Gasteiger partial charge in [0, 0.05) is 9.37 Å². The zero-order valence-corrected chi connectivity index (χ0v) is 12.3. The highest BCUT2D eigenvalue weighted by Gasteiger charge is 2.13. The number of rotatable bonds is 5. The smallest absolute Gasteiger partial charge is 0.433 e. The highest BCUT2D eigenvalue weighted by atomic mass is 79.9. The number of aromatic carboxylic acids is 1. The summed E-state index contributed by atoms with van der Waals surface area (Å²) in [7, 11) is 0. The van der Waals surface area contributed by atoms with Crippen molar-refractivity contribution < 1.29 is 19.2 Å². The van der Waals surface area contributed by atoms with Crippen LogP contribution in [0.4, 0.5) is 5.88 Å². The van der Waals surface area contributed by atoms with Crippen molar-refractivity contribution in [2.24, 2.45) is 0 Å². The number of thioether (sulfide) groups is 1. The van der Waals surface area contributed by atoms with E-state index in [1.165, 1.54) is 30.0 Å². The summed E-state index contributed by atoms with van der Waals surface area (Å²) in [6, 6.07) is 7.77. The second-order valence-corrected chi connectivity index (χ2v) is 5.64. The zero-order chi connectivity index (χ0) is 14.7. The van der Waals surface area contributed by atoms with Crippen molar-refractivity contribution in [2.75, 3.05) is 0 Å².